The average molecular weight is 358 g/mol. The number of nitrogens with two attached hydrogens (primary N) is 1. The SMILES string of the molecule is CC1NC(C(=O)N2CCN(C)CC2)CC(Cl)C1C1CCNCC1N. The maximum absolute atomic E-state index is 12.8. The molecule has 7 heteroatoms. The molecule has 3 rings (SSSR count). The third-order valence-electron chi connectivity index (χ3n) is 6.11. The first-order valence-electron chi connectivity index (χ1n) is 9.31. The molecule has 24 heavy (non-hydrogen) atoms. The first-order chi connectivity index (χ1) is 11.5. The Morgan fingerprint density at radius 2 is 1.96 bits per heavy atom. The molecule has 6 unspecified atom stereocenters. The minimum atomic E-state index is -0.153. The second-order valence-electron chi connectivity index (χ2n) is 7.79. The summed E-state index contributed by atoms with van der Waals surface area (Å²) in [5, 5.41) is 6.92. The fraction of sp³-hybridized carbons (Fsp3) is 0.941. The summed E-state index contributed by atoms with van der Waals surface area (Å²) in [5.41, 5.74) is 6.33. The van der Waals surface area contributed by atoms with Crippen molar-refractivity contribution in [3.05, 3.63) is 0 Å². The molecule has 0 radical (unpaired) electrons. The van der Waals surface area contributed by atoms with E-state index in [9.17, 15) is 4.79 Å². The molecule has 0 bridgehead atoms. The number of hydrogen-bond donors (Lipinski definition) is 3. The lowest BCUT2D eigenvalue weighted by molar-refractivity contribution is -0.136. The summed E-state index contributed by atoms with van der Waals surface area (Å²) < 4.78 is 0. The number of nitrogens with zero attached hydrogens (tertiary/aromatic N) is 2. The van der Waals surface area contributed by atoms with Crippen LogP contribution in [0.25, 0.3) is 0 Å². The van der Waals surface area contributed by atoms with Gasteiger partial charge in [0.1, 0.15) is 0 Å². The molecule has 3 saturated heterocycles. The number of piperazine rings is 1. The predicted molar refractivity (Wildman–Crippen MR) is 97.2 cm³/mol. The number of nitrogens with one attached hydrogen (secondary N) is 2. The minimum Gasteiger partial charge on any atom is -0.339 e. The number of rotatable bonds is 2. The van der Waals surface area contributed by atoms with E-state index in [2.05, 4.69) is 29.5 Å². The third-order valence-corrected chi connectivity index (χ3v) is 6.58. The fourth-order valence-electron chi connectivity index (χ4n) is 4.63. The summed E-state index contributed by atoms with van der Waals surface area (Å²) in [6.45, 7) is 7.57. The van der Waals surface area contributed by atoms with Gasteiger partial charge in [0.2, 0.25) is 5.91 Å². The first-order valence-corrected chi connectivity index (χ1v) is 9.74. The molecule has 1 amide bonds. The van der Waals surface area contributed by atoms with Crippen molar-refractivity contribution in [3.63, 3.8) is 0 Å². The van der Waals surface area contributed by atoms with Crippen LogP contribution in [0.4, 0.5) is 0 Å². The van der Waals surface area contributed by atoms with Gasteiger partial charge in [-0.25, -0.2) is 0 Å². The van der Waals surface area contributed by atoms with Crippen LogP contribution < -0.4 is 16.4 Å². The van der Waals surface area contributed by atoms with Gasteiger partial charge < -0.3 is 26.2 Å². The topological polar surface area (TPSA) is 73.6 Å². The molecule has 6 atom stereocenters. The van der Waals surface area contributed by atoms with E-state index in [0.717, 1.165) is 45.7 Å². The average Bonchev–Trinajstić information content (AvgIpc) is 2.56. The fourth-order valence-corrected chi connectivity index (χ4v) is 5.21. The zero-order valence-electron chi connectivity index (χ0n) is 14.9. The van der Waals surface area contributed by atoms with Crippen molar-refractivity contribution in [3.8, 4) is 0 Å². The Morgan fingerprint density at radius 3 is 2.58 bits per heavy atom. The monoisotopic (exact) mass is 357 g/mol. The van der Waals surface area contributed by atoms with Gasteiger partial charge >= 0.3 is 0 Å². The number of piperidine rings is 2. The highest BCUT2D eigenvalue weighted by Gasteiger charge is 2.44. The predicted octanol–water partition coefficient (Wildman–Crippen LogP) is -0.329. The van der Waals surface area contributed by atoms with Crippen molar-refractivity contribution in [1.82, 2.24) is 20.4 Å². The quantitative estimate of drug-likeness (QED) is 0.590. The molecule has 0 aliphatic carbocycles. The van der Waals surface area contributed by atoms with Gasteiger partial charge in [-0.1, -0.05) is 0 Å². The zero-order valence-corrected chi connectivity index (χ0v) is 15.6. The highest BCUT2D eigenvalue weighted by atomic mass is 35.5. The van der Waals surface area contributed by atoms with Crippen LogP contribution in [0.5, 0.6) is 0 Å². The van der Waals surface area contributed by atoms with Crippen LogP contribution in [0, 0.1) is 11.8 Å². The van der Waals surface area contributed by atoms with Gasteiger partial charge in [0.15, 0.2) is 0 Å². The number of amides is 1. The number of carbonyl (C=O) groups excluding carboxylic acids is 1. The first kappa shape index (κ1) is 18.4. The van der Waals surface area contributed by atoms with E-state index < -0.39 is 0 Å². The van der Waals surface area contributed by atoms with E-state index >= 15 is 0 Å². The largest absolute Gasteiger partial charge is 0.339 e. The molecular weight excluding hydrogens is 326 g/mol. The molecule has 138 valence electrons. The van der Waals surface area contributed by atoms with Gasteiger partial charge in [0.05, 0.1) is 6.04 Å². The zero-order chi connectivity index (χ0) is 17.3. The Morgan fingerprint density at radius 1 is 1.25 bits per heavy atom. The number of alkyl halides is 1. The summed E-state index contributed by atoms with van der Waals surface area (Å²) >= 11 is 6.78. The van der Waals surface area contributed by atoms with E-state index in [-0.39, 0.29) is 29.4 Å². The van der Waals surface area contributed by atoms with Gasteiger partial charge in [-0.3, -0.25) is 4.79 Å². The summed E-state index contributed by atoms with van der Waals surface area (Å²) in [5.74, 6) is 0.977. The summed E-state index contributed by atoms with van der Waals surface area (Å²) in [4.78, 5) is 17.1. The normalized spacial score (nSPS) is 42.1. The van der Waals surface area contributed by atoms with Crippen LogP contribution in [0.15, 0.2) is 0 Å². The van der Waals surface area contributed by atoms with Crippen LogP contribution in [0.1, 0.15) is 19.8 Å². The second-order valence-corrected chi connectivity index (χ2v) is 8.35. The highest BCUT2D eigenvalue weighted by molar-refractivity contribution is 6.21. The van der Waals surface area contributed by atoms with Crippen molar-refractivity contribution in [2.24, 2.45) is 17.6 Å². The molecule has 3 fully saturated rings. The van der Waals surface area contributed by atoms with E-state index in [4.69, 9.17) is 17.3 Å². The van der Waals surface area contributed by atoms with Crippen LogP contribution in [0.3, 0.4) is 0 Å². The van der Waals surface area contributed by atoms with E-state index in [1.54, 1.807) is 0 Å². The lowest BCUT2D eigenvalue weighted by Gasteiger charge is -2.46. The molecule has 0 saturated carbocycles. The molecule has 0 aromatic rings. The summed E-state index contributed by atoms with van der Waals surface area (Å²) in [7, 11) is 2.10. The maximum atomic E-state index is 12.8. The molecule has 3 aliphatic rings. The molecule has 6 nitrogen and oxygen atoms in total. The highest BCUT2D eigenvalue weighted by Crippen LogP contribution is 2.35. The van der Waals surface area contributed by atoms with Crippen molar-refractivity contribution in [2.45, 2.75) is 43.3 Å². The molecular formula is C17H32ClN5O. The molecule has 3 aliphatic heterocycles. The van der Waals surface area contributed by atoms with Gasteiger partial charge in [-0.2, -0.15) is 0 Å². The molecule has 0 aromatic carbocycles. The van der Waals surface area contributed by atoms with E-state index in [0.29, 0.717) is 18.3 Å². The Hall–Kier alpha value is -0.400. The van der Waals surface area contributed by atoms with Crippen LogP contribution >= 0.6 is 11.6 Å². The molecule has 0 spiro atoms. The van der Waals surface area contributed by atoms with Gasteiger partial charge in [-0.15, -0.1) is 11.6 Å². The molecule has 3 heterocycles. The smallest absolute Gasteiger partial charge is 0.239 e. The number of likely N-dealkylation sites (N-methyl/N-ethyl adjacent to an activating group) is 1. The lowest BCUT2D eigenvalue weighted by Crippen LogP contribution is -2.63. The van der Waals surface area contributed by atoms with Crippen molar-refractivity contribution in [2.75, 3.05) is 46.3 Å². The molecule has 4 N–H and O–H groups in total. The summed E-state index contributed by atoms with van der Waals surface area (Å²) in [6, 6.07) is 0.219. The van der Waals surface area contributed by atoms with Gasteiger partial charge in [-0.05, 0) is 45.2 Å². The van der Waals surface area contributed by atoms with Gasteiger partial charge in [0.25, 0.3) is 0 Å². The Balaban J connectivity index is 1.61. The Labute approximate surface area is 150 Å². The number of halogens is 1. The third kappa shape index (κ3) is 3.88. The van der Waals surface area contributed by atoms with E-state index in [1.807, 2.05) is 4.90 Å². The molecule has 0 aromatic heterocycles. The minimum absolute atomic E-state index is 0.0109. The van der Waals surface area contributed by atoms with Crippen LogP contribution in [-0.2, 0) is 4.79 Å². The lowest BCUT2D eigenvalue weighted by atomic mass is 9.73. The second kappa shape index (κ2) is 7.87. The van der Waals surface area contributed by atoms with Gasteiger partial charge in [0, 0.05) is 50.2 Å². The van der Waals surface area contributed by atoms with Crippen molar-refractivity contribution < 1.29 is 4.79 Å². The maximum Gasteiger partial charge on any atom is 0.239 e. The number of carbonyl (C=O) groups is 1. The van der Waals surface area contributed by atoms with Crippen molar-refractivity contribution >= 4 is 17.5 Å². The summed E-state index contributed by atoms with van der Waals surface area (Å²) in [6.07, 6.45) is 1.77. The van der Waals surface area contributed by atoms with Crippen molar-refractivity contribution in [1.29, 1.82) is 0 Å². The standard InChI is InChI=1S/C17H32ClN5O/c1-11-16(12-3-4-20-10-14(12)19)13(18)9-15(21-11)17(24)23-7-5-22(2)6-8-23/h11-16,20-21H,3-10,19H2,1-2H3. The Kier molecular flexibility index (Phi) is 6.03. The van der Waals surface area contributed by atoms with E-state index in [1.165, 1.54) is 0 Å². The van der Waals surface area contributed by atoms with Crippen LogP contribution in [-0.4, -0.2) is 85.5 Å². The Bertz CT molecular complexity index is 431. The van der Waals surface area contributed by atoms with Crippen LogP contribution in [0.2, 0.25) is 0 Å². The number of hydrogen-bond acceptors (Lipinski definition) is 5.